The van der Waals surface area contributed by atoms with Gasteiger partial charge in [0.1, 0.15) is 18.1 Å². The van der Waals surface area contributed by atoms with E-state index < -0.39 is 60.2 Å². The van der Waals surface area contributed by atoms with Crippen LogP contribution in [0.15, 0.2) is 4.99 Å². The highest BCUT2D eigenvalue weighted by atomic mass is 32.2. The summed E-state index contributed by atoms with van der Waals surface area (Å²) in [5.41, 5.74) is 16.3. The third-order valence-corrected chi connectivity index (χ3v) is 6.02. The number of guanidine groups is 1. The molecule has 14 nitrogen and oxygen atoms in total. The summed E-state index contributed by atoms with van der Waals surface area (Å²) < 4.78 is 0. The number of nitrogens with zero attached hydrogens (tertiary/aromatic N) is 1. The first kappa shape index (κ1) is 32.9. The molecule has 0 aromatic rings. The maximum Gasteiger partial charge on any atom is 0.326 e. The van der Waals surface area contributed by atoms with Gasteiger partial charge in [0, 0.05) is 6.54 Å². The maximum absolute atomic E-state index is 12.9. The van der Waals surface area contributed by atoms with Crippen LogP contribution in [-0.4, -0.2) is 88.6 Å². The molecule has 0 aliphatic heterocycles. The Balaban J connectivity index is 5.48. The van der Waals surface area contributed by atoms with Crippen molar-refractivity contribution in [1.29, 1.82) is 0 Å². The Morgan fingerprint density at radius 3 is 1.97 bits per heavy atom. The first-order chi connectivity index (χ1) is 16.8. The summed E-state index contributed by atoms with van der Waals surface area (Å²) in [4.78, 5) is 64.8. The number of carbonyl (C=O) groups is 5. The lowest BCUT2D eigenvalue weighted by Crippen LogP contribution is -2.58. The number of hydrogen-bond acceptors (Lipinski definition) is 8. The van der Waals surface area contributed by atoms with Crippen molar-refractivity contribution in [2.24, 2.45) is 28.1 Å². The van der Waals surface area contributed by atoms with E-state index in [0.717, 1.165) is 0 Å². The molecular weight excluding hydrogens is 494 g/mol. The molecule has 11 N–H and O–H groups in total. The van der Waals surface area contributed by atoms with Crippen molar-refractivity contribution in [2.75, 3.05) is 18.6 Å². The van der Waals surface area contributed by atoms with Gasteiger partial charge in [-0.3, -0.25) is 24.2 Å². The van der Waals surface area contributed by atoms with Crippen LogP contribution in [0.3, 0.4) is 0 Å². The predicted molar refractivity (Wildman–Crippen MR) is 136 cm³/mol. The van der Waals surface area contributed by atoms with Crippen LogP contribution in [-0.2, 0) is 24.0 Å². The summed E-state index contributed by atoms with van der Waals surface area (Å²) in [6.07, 6.45) is 2.10. The standard InChI is InChI=1S/C21H39N7O7S/c1-4-11(2)16(22)19(33)28-14(10-15(29)30)18(32)26-12(7-9-36-3)17(31)27-13(20(34)35)6-5-8-25-21(23)24/h11-14,16H,4-10,22H2,1-3H3,(H,26,32)(H,27,31)(H,28,33)(H,29,30)(H,34,35)(H4,23,24,25)/t11-,12-,13-,14-,16-/m0/s1. The summed E-state index contributed by atoms with van der Waals surface area (Å²) in [6.45, 7) is 3.75. The molecule has 0 aliphatic carbocycles. The van der Waals surface area contributed by atoms with Gasteiger partial charge in [0.2, 0.25) is 17.7 Å². The minimum Gasteiger partial charge on any atom is -0.481 e. The van der Waals surface area contributed by atoms with Crippen LogP contribution in [0.4, 0.5) is 0 Å². The molecule has 5 atom stereocenters. The molecule has 3 amide bonds. The largest absolute Gasteiger partial charge is 0.481 e. The van der Waals surface area contributed by atoms with E-state index in [0.29, 0.717) is 12.2 Å². The zero-order valence-corrected chi connectivity index (χ0v) is 21.7. The van der Waals surface area contributed by atoms with Gasteiger partial charge < -0.3 is 43.4 Å². The monoisotopic (exact) mass is 533 g/mol. The number of carbonyl (C=O) groups excluding carboxylic acids is 3. The number of carboxylic acids is 2. The number of nitrogens with one attached hydrogen (secondary N) is 3. The number of aliphatic imine (C=N–C) groups is 1. The molecular formula is C21H39N7O7S. The van der Waals surface area contributed by atoms with E-state index in [4.69, 9.17) is 17.2 Å². The third kappa shape index (κ3) is 13.1. The topological polar surface area (TPSA) is 252 Å². The summed E-state index contributed by atoms with van der Waals surface area (Å²) in [6, 6.07) is -4.86. The number of thioether (sulfide) groups is 1. The van der Waals surface area contributed by atoms with Crippen LogP contribution in [0.2, 0.25) is 0 Å². The van der Waals surface area contributed by atoms with Gasteiger partial charge in [-0.15, -0.1) is 0 Å². The number of rotatable bonds is 18. The highest BCUT2D eigenvalue weighted by molar-refractivity contribution is 7.98. The Labute approximate surface area is 214 Å². The maximum atomic E-state index is 12.9. The van der Waals surface area contributed by atoms with Crippen molar-refractivity contribution in [1.82, 2.24) is 16.0 Å². The normalized spacial score (nSPS) is 14.9. The van der Waals surface area contributed by atoms with Gasteiger partial charge in [-0.25, -0.2) is 4.79 Å². The van der Waals surface area contributed by atoms with E-state index in [1.807, 2.05) is 6.92 Å². The van der Waals surface area contributed by atoms with E-state index in [2.05, 4.69) is 20.9 Å². The summed E-state index contributed by atoms with van der Waals surface area (Å²) in [5.74, 6) is -4.89. The SMILES string of the molecule is CC[C@H](C)[C@H](N)C(=O)N[C@@H](CC(=O)O)C(=O)N[C@@H](CCSC)C(=O)N[C@@H](CCCN=C(N)N)C(=O)O. The molecule has 0 saturated carbocycles. The fraction of sp³-hybridized carbons (Fsp3) is 0.714. The fourth-order valence-corrected chi connectivity index (χ4v) is 3.45. The van der Waals surface area contributed by atoms with Crippen molar-refractivity contribution < 1.29 is 34.2 Å². The third-order valence-electron chi connectivity index (χ3n) is 5.37. The lowest BCUT2D eigenvalue weighted by molar-refractivity contribution is -0.143. The lowest BCUT2D eigenvalue weighted by Gasteiger charge is -2.25. The molecule has 0 aromatic carbocycles. The fourth-order valence-electron chi connectivity index (χ4n) is 2.97. The summed E-state index contributed by atoms with van der Waals surface area (Å²) in [5, 5.41) is 25.8. The molecule has 0 spiro atoms. The van der Waals surface area contributed by atoms with E-state index in [-0.39, 0.29) is 37.7 Å². The first-order valence-corrected chi connectivity index (χ1v) is 12.9. The Morgan fingerprint density at radius 1 is 0.917 bits per heavy atom. The van der Waals surface area contributed by atoms with Crippen LogP contribution >= 0.6 is 11.8 Å². The van der Waals surface area contributed by atoms with Gasteiger partial charge in [-0.1, -0.05) is 20.3 Å². The smallest absolute Gasteiger partial charge is 0.326 e. The molecule has 0 bridgehead atoms. The number of aliphatic carboxylic acids is 2. The minimum absolute atomic E-state index is 0.0340. The second-order valence-electron chi connectivity index (χ2n) is 8.26. The molecule has 15 heteroatoms. The highest BCUT2D eigenvalue weighted by Crippen LogP contribution is 2.08. The molecule has 36 heavy (non-hydrogen) atoms. The van der Waals surface area contributed by atoms with Crippen LogP contribution in [0, 0.1) is 5.92 Å². The second-order valence-corrected chi connectivity index (χ2v) is 9.25. The zero-order valence-electron chi connectivity index (χ0n) is 20.9. The quantitative estimate of drug-likeness (QED) is 0.0553. The summed E-state index contributed by atoms with van der Waals surface area (Å²) >= 11 is 1.39. The number of nitrogens with two attached hydrogens (primary N) is 3. The predicted octanol–water partition coefficient (Wildman–Crippen LogP) is -1.82. The van der Waals surface area contributed by atoms with Gasteiger partial charge in [0.15, 0.2) is 5.96 Å². The Morgan fingerprint density at radius 2 is 1.47 bits per heavy atom. The Hall–Kier alpha value is -3.07. The van der Waals surface area contributed by atoms with Crippen molar-refractivity contribution in [3.05, 3.63) is 0 Å². The van der Waals surface area contributed by atoms with Gasteiger partial charge in [-0.2, -0.15) is 11.8 Å². The Bertz CT molecular complexity index is 793. The number of amides is 3. The highest BCUT2D eigenvalue weighted by Gasteiger charge is 2.31. The number of hydrogen-bond donors (Lipinski definition) is 8. The van der Waals surface area contributed by atoms with Gasteiger partial charge >= 0.3 is 11.9 Å². The van der Waals surface area contributed by atoms with Crippen LogP contribution in [0.1, 0.15) is 46.0 Å². The second kappa shape index (κ2) is 17.4. The van der Waals surface area contributed by atoms with Gasteiger partial charge in [-0.05, 0) is 37.2 Å². The average molecular weight is 534 g/mol. The van der Waals surface area contributed by atoms with Crippen molar-refractivity contribution in [3.8, 4) is 0 Å². The van der Waals surface area contributed by atoms with Gasteiger partial charge in [0.05, 0.1) is 12.5 Å². The van der Waals surface area contributed by atoms with E-state index in [9.17, 15) is 34.2 Å². The van der Waals surface area contributed by atoms with E-state index in [1.54, 1.807) is 13.2 Å². The summed E-state index contributed by atoms with van der Waals surface area (Å²) in [7, 11) is 0. The van der Waals surface area contributed by atoms with E-state index >= 15 is 0 Å². The first-order valence-electron chi connectivity index (χ1n) is 11.5. The molecule has 206 valence electrons. The van der Waals surface area contributed by atoms with Crippen molar-refractivity contribution >= 4 is 47.4 Å². The van der Waals surface area contributed by atoms with Gasteiger partial charge in [0.25, 0.3) is 0 Å². The molecule has 0 saturated heterocycles. The molecule has 0 fully saturated rings. The molecule has 0 aliphatic rings. The number of carboxylic acid groups (broad SMARTS) is 2. The molecule has 0 radical (unpaired) electrons. The van der Waals surface area contributed by atoms with Crippen molar-refractivity contribution in [3.63, 3.8) is 0 Å². The molecule has 0 rings (SSSR count). The van der Waals surface area contributed by atoms with Crippen LogP contribution < -0.4 is 33.2 Å². The van der Waals surface area contributed by atoms with E-state index in [1.165, 1.54) is 11.8 Å². The molecule has 0 heterocycles. The minimum atomic E-state index is -1.48. The lowest BCUT2D eigenvalue weighted by atomic mass is 9.99. The Kier molecular flexibility index (Phi) is 15.9. The van der Waals surface area contributed by atoms with Crippen molar-refractivity contribution in [2.45, 2.75) is 70.1 Å². The zero-order chi connectivity index (χ0) is 27.8. The van der Waals surface area contributed by atoms with Crippen LogP contribution in [0.25, 0.3) is 0 Å². The average Bonchev–Trinajstić information content (AvgIpc) is 2.80. The molecule has 0 unspecified atom stereocenters. The van der Waals surface area contributed by atoms with Crippen LogP contribution in [0.5, 0.6) is 0 Å². The molecule has 0 aromatic heterocycles.